The second-order valence-corrected chi connectivity index (χ2v) is 6.11. The molecule has 152 valence electrons. The molecular formula is C16H15F2NO9. The van der Waals surface area contributed by atoms with Crippen LogP contribution in [0.15, 0.2) is 21.3 Å². The summed E-state index contributed by atoms with van der Waals surface area (Å²) in [5.41, 5.74) is -2.85. The van der Waals surface area contributed by atoms with Crippen molar-refractivity contribution in [2.75, 3.05) is 6.61 Å². The molecule has 0 bridgehead atoms. The van der Waals surface area contributed by atoms with Crippen LogP contribution in [0.1, 0.15) is 10.4 Å². The summed E-state index contributed by atoms with van der Waals surface area (Å²) in [7, 11) is 0. The zero-order valence-electron chi connectivity index (χ0n) is 13.9. The number of phenolic OH excluding ortho intramolecular Hbond substituents is 1. The standard InChI is InChI=1S/C16H15F2NO9/c17-6-2-4-1-5(15(25)28-13(4)8(18)10(6)21)14(24)19-9-12(23)11(22)7(3-20)27-16(9)26/h1-2,7,9,11-12,16,20-23,26H,3H2,(H,19,24)/t7?,9-,11-,12?,16-/m0/s1. The number of phenols is 1. The van der Waals surface area contributed by atoms with E-state index >= 15 is 0 Å². The van der Waals surface area contributed by atoms with Gasteiger partial charge in [-0.05, 0) is 12.1 Å². The van der Waals surface area contributed by atoms with Crippen molar-refractivity contribution in [3.05, 3.63) is 39.8 Å². The Hall–Kier alpha value is -2.64. The van der Waals surface area contributed by atoms with Crippen LogP contribution >= 0.6 is 0 Å². The number of carbonyl (C=O) groups excluding carboxylic acids is 1. The van der Waals surface area contributed by atoms with Gasteiger partial charge in [0.05, 0.1) is 6.61 Å². The third kappa shape index (κ3) is 3.31. The van der Waals surface area contributed by atoms with Gasteiger partial charge in [-0.3, -0.25) is 4.79 Å². The van der Waals surface area contributed by atoms with Crippen LogP contribution in [0.2, 0.25) is 0 Å². The van der Waals surface area contributed by atoms with Crippen molar-refractivity contribution in [1.82, 2.24) is 5.32 Å². The molecule has 0 spiro atoms. The average molecular weight is 403 g/mol. The maximum absolute atomic E-state index is 13.8. The Morgan fingerprint density at radius 1 is 1.18 bits per heavy atom. The summed E-state index contributed by atoms with van der Waals surface area (Å²) in [5, 5.41) is 49.6. The molecule has 0 saturated carbocycles. The molecule has 1 aliphatic heterocycles. The molecule has 0 aliphatic carbocycles. The van der Waals surface area contributed by atoms with Gasteiger partial charge >= 0.3 is 5.63 Å². The van der Waals surface area contributed by atoms with Crippen LogP contribution in [-0.2, 0) is 4.74 Å². The number of aliphatic hydroxyl groups excluding tert-OH is 4. The lowest BCUT2D eigenvalue weighted by Crippen LogP contribution is -2.64. The first-order chi connectivity index (χ1) is 13.1. The molecule has 2 aromatic rings. The van der Waals surface area contributed by atoms with Gasteiger partial charge in [-0.15, -0.1) is 0 Å². The quantitative estimate of drug-likeness (QED) is 0.327. The minimum absolute atomic E-state index is 0.348. The van der Waals surface area contributed by atoms with Crippen LogP contribution < -0.4 is 10.9 Å². The van der Waals surface area contributed by atoms with Crippen molar-refractivity contribution in [2.45, 2.75) is 30.6 Å². The Labute approximate surface area is 154 Å². The molecule has 2 unspecified atom stereocenters. The van der Waals surface area contributed by atoms with Gasteiger partial charge in [0, 0.05) is 5.39 Å². The molecule has 1 amide bonds. The normalized spacial score (nSPS) is 27.7. The maximum atomic E-state index is 13.8. The lowest BCUT2D eigenvalue weighted by atomic mass is 9.97. The van der Waals surface area contributed by atoms with Crippen molar-refractivity contribution in [3.63, 3.8) is 0 Å². The first-order valence-electron chi connectivity index (χ1n) is 7.92. The molecule has 6 N–H and O–H groups in total. The molecule has 10 nitrogen and oxygen atoms in total. The van der Waals surface area contributed by atoms with Gasteiger partial charge in [0.15, 0.2) is 23.4 Å². The van der Waals surface area contributed by atoms with E-state index in [9.17, 15) is 38.8 Å². The highest BCUT2D eigenvalue weighted by molar-refractivity contribution is 5.97. The highest BCUT2D eigenvalue weighted by Gasteiger charge is 2.44. The second kappa shape index (κ2) is 7.41. The molecule has 2 heterocycles. The Kier molecular flexibility index (Phi) is 5.32. The van der Waals surface area contributed by atoms with E-state index in [4.69, 9.17) is 9.84 Å². The number of benzene rings is 1. The highest BCUT2D eigenvalue weighted by atomic mass is 19.1. The number of aliphatic hydroxyl groups is 4. The number of ether oxygens (including phenoxy) is 1. The first-order valence-corrected chi connectivity index (χ1v) is 7.92. The first kappa shape index (κ1) is 20.1. The zero-order valence-corrected chi connectivity index (χ0v) is 13.9. The van der Waals surface area contributed by atoms with E-state index < -0.39 is 77.3 Å². The molecule has 5 atom stereocenters. The molecule has 28 heavy (non-hydrogen) atoms. The number of hydrogen-bond acceptors (Lipinski definition) is 9. The zero-order chi connectivity index (χ0) is 20.7. The molecule has 1 fully saturated rings. The van der Waals surface area contributed by atoms with E-state index in [-0.39, 0.29) is 5.39 Å². The van der Waals surface area contributed by atoms with E-state index in [1.807, 2.05) is 0 Å². The molecule has 12 heteroatoms. The number of nitrogens with one attached hydrogen (secondary N) is 1. The summed E-state index contributed by atoms with van der Waals surface area (Å²) >= 11 is 0. The van der Waals surface area contributed by atoms with Crippen molar-refractivity contribution in [2.24, 2.45) is 0 Å². The summed E-state index contributed by atoms with van der Waals surface area (Å²) < 4.78 is 36.8. The lowest BCUT2D eigenvalue weighted by Gasteiger charge is -2.40. The third-order valence-electron chi connectivity index (χ3n) is 4.33. The fraction of sp³-hybridized carbons (Fsp3) is 0.375. The van der Waals surface area contributed by atoms with Crippen LogP contribution in [-0.4, -0.2) is 68.7 Å². The molecule has 0 radical (unpaired) electrons. The maximum Gasteiger partial charge on any atom is 0.349 e. The van der Waals surface area contributed by atoms with Crippen molar-refractivity contribution < 1.29 is 48.3 Å². The Morgan fingerprint density at radius 2 is 1.86 bits per heavy atom. The lowest BCUT2D eigenvalue weighted by molar-refractivity contribution is -0.252. The highest BCUT2D eigenvalue weighted by Crippen LogP contribution is 2.28. The monoisotopic (exact) mass is 403 g/mol. The van der Waals surface area contributed by atoms with E-state index in [2.05, 4.69) is 9.73 Å². The van der Waals surface area contributed by atoms with E-state index in [1.54, 1.807) is 0 Å². The van der Waals surface area contributed by atoms with Crippen molar-refractivity contribution in [3.8, 4) is 5.75 Å². The summed E-state index contributed by atoms with van der Waals surface area (Å²) in [6.45, 7) is -0.714. The van der Waals surface area contributed by atoms with Crippen molar-refractivity contribution in [1.29, 1.82) is 0 Å². The number of amides is 1. The third-order valence-corrected chi connectivity index (χ3v) is 4.33. The van der Waals surface area contributed by atoms with Crippen molar-refractivity contribution >= 4 is 16.9 Å². The SMILES string of the molecule is O=C(N[C@H]1C(O)[C@@H](O)C(CO)O[C@@H]1O)c1cc2cc(F)c(O)c(F)c2oc1=O. The predicted octanol–water partition coefficient (Wildman–Crippen LogP) is -1.69. The van der Waals surface area contributed by atoms with E-state index in [1.165, 1.54) is 0 Å². The topological polar surface area (TPSA) is 170 Å². The molecular weight excluding hydrogens is 388 g/mol. The summed E-state index contributed by atoms with van der Waals surface area (Å²) in [5.74, 6) is -5.43. The molecule has 1 aromatic heterocycles. The minimum atomic E-state index is -1.83. The Bertz CT molecular complexity index is 979. The largest absolute Gasteiger partial charge is 0.503 e. The van der Waals surface area contributed by atoms with Gasteiger partial charge in [-0.25, -0.2) is 9.18 Å². The minimum Gasteiger partial charge on any atom is -0.503 e. The van der Waals surface area contributed by atoms with E-state index in [0.29, 0.717) is 6.07 Å². The second-order valence-electron chi connectivity index (χ2n) is 6.11. The van der Waals surface area contributed by atoms with Gasteiger partial charge in [-0.2, -0.15) is 4.39 Å². The van der Waals surface area contributed by atoms with Crippen LogP contribution in [0, 0.1) is 11.6 Å². The van der Waals surface area contributed by atoms with Gasteiger partial charge in [0.2, 0.25) is 5.82 Å². The van der Waals surface area contributed by atoms with Crippen LogP contribution in [0.4, 0.5) is 8.78 Å². The Morgan fingerprint density at radius 3 is 2.50 bits per heavy atom. The van der Waals surface area contributed by atoms with Gasteiger partial charge in [0.25, 0.3) is 5.91 Å². The van der Waals surface area contributed by atoms with Crippen LogP contribution in [0.25, 0.3) is 11.0 Å². The summed E-state index contributed by atoms with van der Waals surface area (Å²) in [6, 6.07) is -0.165. The fourth-order valence-electron chi connectivity index (χ4n) is 2.82. The molecule has 1 saturated heterocycles. The molecule has 1 aromatic carbocycles. The molecule has 3 rings (SSSR count). The van der Waals surface area contributed by atoms with Crippen LogP contribution in [0.5, 0.6) is 5.75 Å². The number of rotatable bonds is 3. The summed E-state index contributed by atoms with van der Waals surface area (Å²) in [6.07, 6.45) is -6.55. The van der Waals surface area contributed by atoms with Crippen LogP contribution in [0.3, 0.4) is 0 Å². The number of fused-ring (bicyclic) bond motifs is 1. The summed E-state index contributed by atoms with van der Waals surface area (Å²) in [4.78, 5) is 24.3. The predicted molar refractivity (Wildman–Crippen MR) is 85.3 cm³/mol. The van der Waals surface area contributed by atoms with Gasteiger partial charge in [0.1, 0.15) is 29.9 Å². The number of aromatic hydroxyl groups is 1. The molecule has 1 aliphatic rings. The Balaban J connectivity index is 1.92. The van der Waals surface area contributed by atoms with E-state index in [0.717, 1.165) is 6.07 Å². The smallest absolute Gasteiger partial charge is 0.349 e. The number of hydrogen-bond donors (Lipinski definition) is 6. The van der Waals surface area contributed by atoms with Gasteiger partial charge in [-0.1, -0.05) is 0 Å². The number of carbonyl (C=O) groups is 1. The number of halogens is 2. The van der Waals surface area contributed by atoms with Gasteiger partial charge < -0.3 is 40.0 Å². The average Bonchev–Trinajstić information content (AvgIpc) is 2.66. The fourth-order valence-corrected chi connectivity index (χ4v) is 2.82.